The van der Waals surface area contributed by atoms with Gasteiger partial charge in [-0.1, -0.05) is 30.3 Å². The molecule has 3 rings (SSSR count). The lowest BCUT2D eigenvalue weighted by molar-refractivity contribution is -0.176. The van der Waals surface area contributed by atoms with Crippen LogP contribution in [0, 0.1) is 11.8 Å². The Morgan fingerprint density at radius 1 is 1.17 bits per heavy atom. The molecule has 1 aromatic carbocycles. The zero-order valence-electron chi connectivity index (χ0n) is 17.7. The van der Waals surface area contributed by atoms with Gasteiger partial charge in [-0.05, 0) is 57.4 Å². The number of hydrazine groups is 1. The van der Waals surface area contributed by atoms with E-state index in [1.54, 1.807) is 6.92 Å². The molecule has 3 atom stereocenters. The van der Waals surface area contributed by atoms with Gasteiger partial charge in [0.1, 0.15) is 6.04 Å². The van der Waals surface area contributed by atoms with Crippen LogP contribution in [0.15, 0.2) is 30.3 Å². The highest BCUT2D eigenvalue weighted by Gasteiger charge is 2.42. The van der Waals surface area contributed by atoms with E-state index in [2.05, 4.69) is 0 Å². The Balaban J connectivity index is 1.73. The fourth-order valence-electron chi connectivity index (χ4n) is 4.61. The molecule has 0 spiro atoms. The van der Waals surface area contributed by atoms with Crippen molar-refractivity contribution in [3.8, 4) is 0 Å². The maximum atomic E-state index is 13.4. The molecule has 0 radical (unpaired) electrons. The van der Waals surface area contributed by atoms with Gasteiger partial charge in [-0.3, -0.25) is 14.6 Å². The second-order valence-corrected chi connectivity index (χ2v) is 8.18. The SMILES string of the molecule is CCOC(=O)[C@H](CCc1ccccc1)C[C@H]1CCCN2CCC[C@@H](C(=O)O)N2C1=O. The maximum Gasteiger partial charge on any atom is 0.328 e. The Bertz CT molecular complexity index is 738. The zero-order chi connectivity index (χ0) is 21.5. The van der Waals surface area contributed by atoms with Crippen molar-refractivity contribution >= 4 is 17.8 Å². The topological polar surface area (TPSA) is 87.2 Å². The Labute approximate surface area is 178 Å². The summed E-state index contributed by atoms with van der Waals surface area (Å²) in [5.74, 6) is -2.12. The van der Waals surface area contributed by atoms with E-state index >= 15 is 0 Å². The minimum absolute atomic E-state index is 0.159. The number of carbonyl (C=O) groups excluding carboxylic acids is 2. The molecule has 2 heterocycles. The normalized spacial score (nSPS) is 23.4. The van der Waals surface area contributed by atoms with E-state index in [0.29, 0.717) is 45.4 Å². The molecule has 0 aromatic heterocycles. The largest absolute Gasteiger partial charge is 0.480 e. The smallest absolute Gasteiger partial charge is 0.328 e. The minimum atomic E-state index is -0.959. The molecule has 0 unspecified atom stereocenters. The average Bonchev–Trinajstić information content (AvgIpc) is 2.90. The highest BCUT2D eigenvalue weighted by molar-refractivity contribution is 5.85. The highest BCUT2D eigenvalue weighted by Crippen LogP contribution is 2.31. The number of amides is 1. The summed E-state index contributed by atoms with van der Waals surface area (Å²) in [6.07, 6.45) is 4.47. The van der Waals surface area contributed by atoms with Gasteiger partial charge in [-0.15, -0.1) is 0 Å². The fourth-order valence-corrected chi connectivity index (χ4v) is 4.61. The number of carbonyl (C=O) groups is 3. The molecule has 2 aliphatic rings. The molecule has 7 nitrogen and oxygen atoms in total. The predicted octanol–water partition coefficient (Wildman–Crippen LogP) is 2.89. The van der Waals surface area contributed by atoms with Crippen molar-refractivity contribution in [1.82, 2.24) is 10.0 Å². The van der Waals surface area contributed by atoms with E-state index in [1.165, 1.54) is 5.01 Å². The first-order valence-electron chi connectivity index (χ1n) is 11.0. The molecule has 164 valence electrons. The third-order valence-electron chi connectivity index (χ3n) is 6.14. The number of aryl methyl sites for hydroxylation is 1. The van der Waals surface area contributed by atoms with Crippen LogP contribution in [0.25, 0.3) is 0 Å². The van der Waals surface area contributed by atoms with Crippen molar-refractivity contribution in [2.24, 2.45) is 11.8 Å². The van der Waals surface area contributed by atoms with E-state index in [9.17, 15) is 19.5 Å². The van der Waals surface area contributed by atoms with Gasteiger partial charge >= 0.3 is 11.9 Å². The molecule has 2 aliphatic heterocycles. The van der Waals surface area contributed by atoms with E-state index in [4.69, 9.17) is 4.74 Å². The number of ether oxygens (including phenoxy) is 1. The van der Waals surface area contributed by atoms with Crippen molar-refractivity contribution in [2.45, 2.75) is 57.9 Å². The number of benzene rings is 1. The quantitative estimate of drug-likeness (QED) is 0.656. The lowest BCUT2D eigenvalue weighted by Gasteiger charge is -2.42. The summed E-state index contributed by atoms with van der Waals surface area (Å²) < 4.78 is 5.30. The van der Waals surface area contributed by atoms with Gasteiger partial charge in [0, 0.05) is 19.0 Å². The first kappa shape index (κ1) is 22.3. The molecule has 0 saturated carbocycles. The molecule has 2 saturated heterocycles. The van der Waals surface area contributed by atoms with Gasteiger partial charge < -0.3 is 9.84 Å². The number of carboxylic acids is 1. The average molecular weight is 417 g/mol. The lowest BCUT2D eigenvalue weighted by atomic mass is 9.86. The van der Waals surface area contributed by atoms with Gasteiger partial charge in [0.2, 0.25) is 5.91 Å². The number of carboxylic acid groups (broad SMARTS) is 1. The second-order valence-electron chi connectivity index (χ2n) is 8.18. The Hall–Kier alpha value is -2.41. The van der Waals surface area contributed by atoms with Crippen LogP contribution in [-0.4, -0.2) is 58.7 Å². The van der Waals surface area contributed by atoms with Crippen LogP contribution in [0.2, 0.25) is 0 Å². The standard InChI is InChI=1S/C23H32N2O5/c1-2-30-23(29)19(13-12-17-8-4-3-5-9-17)16-18-10-6-14-24-15-7-11-20(22(27)28)25(24)21(18)26/h3-5,8-9,18-20H,2,6-7,10-16H2,1H3,(H,27,28)/t18-,19-,20+/m1/s1. The van der Waals surface area contributed by atoms with Crippen molar-refractivity contribution < 1.29 is 24.2 Å². The molecular formula is C23H32N2O5. The minimum Gasteiger partial charge on any atom is -0.480 e. The van der Waals surface area contributed by atoms with Crippen LogP contribution < -0.4 is 0 Å². The van der Waals surface area contributed by atoms with E-state index in [-0.39, 0.29) is 23.7 Å². The molecule has 1 N–H and O–H groups in total. The number of aliphatic carboxylic acids is 1. The summed E-state index contributed by atoms with van der Waals surface area (Å²) in [5.41, 5.74) is 1.15. The van der Waals surface area contributed by atoms with Crippen LogP contribution in [-0.2, 0) is 25.5 Å². The molecular weight excluding hydrogens is 384 g/mol. The molecule has 30 heavy (non-hydrogen) atoms. The van der Waals surface area contributed by atoms with Gasteiger partial charge in [0.25, 0.3) is 0 Å². The summed E-state index contributed by atoms with van der Waals surface area (Å²) in [6, 6.07) is 9.16. The Morgan fingerprint density at radius 3 is 2.53 bits per heavy atom. The third-order valence-corrected chi connectivity index (χ3v) is 6.14. The zero-order valence-corrected chi connectivity index (χ0v) is 17.7. The number of hydrogen-bond acceptors (Lipinski definition) is 5. The van der Waals surface area contributed by atoms with Crippen LogP contribution in [0.3, 0.4) is 0 Å². The summed E-state index contributed by atoms with van der Waals surface area (Å²) >= 11 is 0. The van der Waals surface area contributed by atoms with Crippen LogP contribution in [0.1, 0.15) is 51.0 Å². The highest BCUT2D eigenvalue weighted by atomic mass is 16.5. The van der Waals surface area contributed by atoms with Crippen molar-refractivity contribution in [3.63, 3.8) is 0 Å². The number of rotatable bonds is 8. The molecule has 0 aliphatic carbocycles. The lowest BCUT2D eigenvalue weighted by Crippen LogP contribution is -2.58. The van der Waals surface area contributed by atoms with Gasteiger partial charge in [0.05, 0.1) is 12.5 Å². The first-order valence-corrected chi connectivity index (χ1v) is 11.0. The summed E-state index contributed by atoms with van der Waals surface area (Å²) in [4.78, 5) is 37.7. The van der Waals surface area contributed by atoms with Crippen molar-refractivity contribution in [2.75, 3.05) is 19.7 Å². The van der Waals surface area contributed by atoms with Gasteiger partial charge in [-0.2, -0.15) is 0 Å². The fraction of sp³-hybridized carbons (Fsp3) is 0.609. The number of fused-ring (bicyclic) bond motifs is 1. The number of hydrogen-bond donors (Lipinski definition) is 1. The van der Waals surface area contributed by atoms with E-state index in [0.717, 1.165) is 24.8 Å². The van der Waals surface area contributed by atoms with Crippen LogP contribution >= 0.6 is 0 Å². The summed E-state index contributed by atoms with van der Waals surface area (Å²) in [7, 11) is 0. The van der Waals surface area contributed by atoms with Gasteiger partial charge in [0.15, 0.2) is 0 Å². The Morgan fingerprint density at radius 2 is 1.87 bits per heavy atom. The predicted molar refractivity (Wildman–Crippen MR) is 111 cm³/mol. The maximum absolute atomic E-state index is 13.4. The Kier molecular flexibility index (Phi) is 7.85. The molecule has 2 fully saturated rings. The third kappa shape index (κ3) is 5.39. The van der Waals surface area contributed by atoms with Crippen LogP contribution in [0.5, 0.6) is 0 Å². The summed E-state index contributed by atoms with van der Waals surface area (Å²) in [6.45, 7) is 3.48. The van der Waals surface area contributed by atoms with Gasteiger partial charge in [-0.25, -0.2) is 9.80 Å². The van der Waals surface area contributed by atoms with E-state index < -0.39 is 12.0 Å². The first-order chi connectivity index (χ1) is 14.5. The second kappa shape index (κ2) is 10.6. The summed E-state index contributed by atoms with van der Waals surface area (Å²) in [5, 5.41) is 13.0. The van der Waals surface area contributed by atoms with Crippen molar-refractivity contribution in [1.29, 1.82) is 0 Å². The van der Waals surface area contributed by atoms with Crippen molar-refractivity contribution in [3.05, 3.63) is 35.9 Å². The molecule has 1 aromatic rings. The molecule has 1 amide bonds. The molecule has 0 bridgehead atoms. The van der Waals surface area contributed by atoms with E-state index in [1.807, 2.05) is 35.3 Å². The van der Waals surface area contributed by atoms with Crippen LogP contribution in [0.4, 0.5) is 0 Å². The number of nitrogens with zero attached hydrogens (tertiary/aromatic N) is 2. The number of esters is 1. The molecule has 7 heteroatoms. The monoisotopic (exact) mass is 416 g/mol.